The molecule has 0 spiro atoms. The number of benzene rings is 3. The lowest BCUT2D eigenvalue weighted by atomic mass is 10.1. The van der Waals surface area contributed by atoms with Gasteiger partial charge in [0, 0.05) is 12.1 Å². The fraction of sp³-hybridized carbons (Fsp3) is 0.136. The quantitative estimate of drug-likeness (QED) is 0.609. The molecule has 30 heavy (non-hydrogen) atoms. The van der Waals surface area contributed by atoms with Crippen LogP contribution in [0.15, 0.2) is 77.7 Å². The predicted molar refractivity (Wildman–Crippen MR) is 108 cm³/mol. The fourth-order valence-electron chi connectivity index (χ4n) is 3.19. The first-order chi connectivity index (χ1) is 14.4. The van der Waals surface area contributed by atoms with Gasteiger partial charge < -0.3 is 14.8 Å². The first-order valence-corrected chi connectivity index (χ1v) is 10.7. The summed E-state index contributed by atoms with van der Waals surface area (Å²) in [6.07, 6.45) is 0. The minimum Gasteiger partial charge on any atom is -0.454 e. The van der Waals surface area contributed by atoms with Crippen LogP contribution in [0.5, 0.6) is 11.5 Å². The molecule has 3 aromatic rings. The minimum atomic E-state index is -3.88. The number of sulfone groups is 1. The number of nitrogens with one attached hydrogen (secondary N) is 1. The van der Waals surface area contributed by atoms with E-state index < -0.39 is 26.8 Å². The summed E-state index contributed by atoms with van der Waals surface area (Å²) >= 11 is 0. The van der Waals surface area contributed by atoms with Crippen LogP contribution in [0, 0.1) is 5.82 Å². The number of hydrogen-bond donors (Lipinski definition) is 1. The second kappa shape index (κ2) is 8.16. The average molecular weight is 427 g/mol. The van der Waals surface area contributed by atoms with Crippen molar-refractivity contribution < 1.29 is 27.1 Å². The summed E-state index contributed by atoms with van der Waals surface area (Å²) in [4.78, 5) is 12.6. The number of amides is 1. The third-order valence-electron chi connectivity index (χ3n) is 4.77. The van der Waals surface area contributed by atoms with E-state index in [1.165, 1.54) is 12.1 Å². The van der Waals surface area contributed by atoms with Crippen molar-refractivity contribution in [3.05, 3.63) is 89.7 Å². The molecule has 4 rings (SSSR count). The second-order valence-electron chi connectivity index (χ2n) is 6.68. The van der Waals surface area contributed by atoms with E-state index in [9.17, 15) is 17.6 Å². The summed E-state index contributed by atoms with van der Waals surface area (Å²) in [6.45, 7) is -0.0661. The Morgan fingerprint density at radius 3 is 2.40 bits per heavy atom. The van der Waals surface area contributed by atoms with Crippen LogP contribution in [0.25, 0.3) is 0 Å². The zero-order valence-corrected chi connectivity index (χ0v) is 16.6. The van der Waals surface area contributed by atoms with Crippen molar-refractivity contribution in [1.82, 2.24) is 5.32 Å². The molecule has 1 unspecified atom stereocenters. The Morgan fingerprint density at radius 1 is 0.967 bits per heavy atom. The monoisotopic (exact) mass is 427 g/mol. The van der Waals surface area contributed by atoms with Gasteiger partial charge in [-0.05, 0) is 48.0 Å². The maximum Gasteiger partial charge on any atom is 0.251 e. The molecule has 1 atom stereocenters. The highest BCUT2D eigenvalue weighted by Gasteiger charge is 2.30. The van der Waals surface area contributed by atoms with Gasteiger partial charge in [-0.25, -0.2) is 12.8 Å². The van der Waals surface area contributed by atoms with E-state index in [0.29, 0.717) is 22.6 Å². The van der Waals surface area contributed by atoms with Gasteiger partial charge in [-0.3, -0.25) is 4.79 Å². The van der Waals surface area contributed by atoms with Gasteiger partial charge in [-0.2, -0.15) is 0 Å². The predicted octanol–water partition coefficient (Wildman–Crippen LogP) is 3.50. The average Bonchev–Trinajstić information content (AvgIpc) is 3.22. The van der Waals surface area contributed by atoms with Crippen LogP contribution in [-0.2, 0) is 9.84 Å². The molecule has 154 valence electrons. The summed E-state index contributed by atoms with van der Waals surface area (Å²) in [7, 11) is -3.88. The van der Waals surface area contributed by atoms with Crippen LogP contribution in [-0.4, -0.2) is 27.7 Å². The van der Waals surface area contributed by atoms with E-state index in [2.05, 4.69) is 5.32 Å². The molecule has 0 fully saturated rings. The molecule has 1 N–H and O–H groups in total. The van der Waals surface area contributed by atoms with Crippen LogP contribution in [0.4, 0.5) is 4.39 Å². The highest BCUT2D eigenvalue weighted by Crippen LogP contribution is 2.33. The van der Waals surface area contributed by atoms with Gasteiger partial charge in [0.05, 0.1) is 4.90 Å². The molecule has 0 aromatic heterocycles. The largest absolute Gasteiger partial charge is 0.454 e. The summed E-state index contributed by atoms with van der Waals surface area (Å²) < 4.78 is 50.2. The molecule has 0 aliphatic carbocycles. The summed E-state index contributed by atoms with van der Waals surface area (Å²) in [5, 5.41) is 1.65. The van der Waals surface area contributed by atoms with Crippen LogP contribution in [0.3, 0.4) is 0 Å². The Bertz CT molecular complexity index is 1160. The number of ether oxygens (including phenoxy) is 2. The van der Waals surface area contributed by atoms with Gasteiger partial charge in [0.15, 0.2) is 21.3 Å². The summed E-state index contributed by atoms with van der Waals surface area (Å²) in [6, 6.07) is 18.0. The van der Waals surface area contributed by atoms with E-state index in [1.807, 2.05) is 0 Å². The minimum absolute atomic E-state index is 0.0184. The number of hydrogen-bond acceptors (Lipinski definition) is 5. The topological polar surface area (TPSA) is 81.7 Å². The Kier molecular flexibility index (Phi) is 5.41. The maximum atomic E-state index is 13.3. The third kappa shape index (κ3) is 3.99. The van der Waals surface area contributed by atoms with Crippen molar-refractivity contribution in [2.24, 2.45) is 0 Å². The molecule has 1 amide bonds. The number of halogens is 1. The van der Waals surface area contributed by atoms with Gasteiger partial charge in [-0.15, -0.1) is 0 Å². The number of carbonyl (C=O) groups excluding carboxylic acids is 1. The van der Waals surface area contributed by atoms with Crippen LogP contribution in [0.2, 0.25) is 0 Å². The van der Waals surface area contributed by atoms with Gasteiger partial charge in [0.2, 0.25) is 6.79 Å². The lowest BCUT2D eigenvalue weighted by molar-refractivity contribution is 0.0953. The van der Waals surface area contributed by atoms with Crippen molar-refractivity contribution >= 4 is 15.7 Å². The molecule has 0 saturated carbocycles. The first kappa shape index (κ1) is 19.9. The lowest BCUT2D eigenvalue weighted by Crippen LogP contribution is -2.32. The van der Waals surface area contributed by atoms with Crippen LogP contribution >= 0.6 is 0 Å². The van der Waals surface area contributed by atoms with Gasteiger partial charge in [0.25, 0.3) is 5.91 Å². The van der Waals surface area contributed by atoms with E-state index in [-0.39, 0.29) is 18.2 Å². The molecule has 1 aliphatic rings. The number of fused-ring (bicyclic) bond motifs is 1. The molecule has 0 saturated heterocycles. The smallest absolute Gasteiger partial charge is 0.251 e. The first-order valence-electron chi connectivity index (χ1n) is 9.17. The SMILES string of the molecule is O=C(NCC(c1ccccc1)S(=O)(=O)c1ccc(F)cc1)c1ccc2c(c1)OCO2. The highest BCUT2D eigenvalue weighted by molar-refractivity contribution is 7.91. The van der Waals surface area contributed by atoms with Crippen molar-refractivity contribution in [1.29, 1.82) is 0 Å². The van der Waals surface area contributed by atoms with Crippen LogP contribution in [0.1, 0.15) is 21.2 Å². The van der Waals surface area contributed by atoms with E-state index in [0.717, 1.165) is 12.1 Å². The normalized spacial score (nSPS) is 13.6. The molecule has 6 nitrogen and oxygen atoms in total. The van der Waals surface area contributed by atoms with Crippen LogP contribution < -0.4 is 14.8 Å². The maximum absolute atomic E-state index is 13.3. The Balaban J connectivity index is 1.59. The second-order valence-corrected chi connectivity index (χ2v) is 8.81. The van der Waals surface area contributed by atoms with E-state index >= 15 is 0 Å². The molecule has 1 heterocycles. The Labute approximate surface area is 173 Å². The van der Waals surface area contributed by atoms with Gasteiger partial charge in [0.1, 0.15) is 11.1 Å². The zero-order chi connectivity index (χ0) is 21.1. The summed E-state index contributed by atoms with van der Waals surface area (Å²) in [5.74, 6) is 0.0404. The third-order valence-corrected chi connectivity index (χ3v) is 6.89. The van der Waals surface area contributed by atoms with Crippen molar-refractivity contribution in [3.63, 3.8) is 0 Å². The zero-order valence-electron chi connectivity index (χ0n) is 15.7. The van der Waals surface area contributed by atoms with Crippen molar-refractivity contribution in [2.45, 2.75) is 10.1 Å². The molecular formula is C22H18FNO5S. The number of rotatable bonds is 6. The molecule has 1 aliphatic heterocycles. The molecule has 0 radical (unpaired) electrons. The molecule has 0 bridgehead atoms. The molecule has 3 aromatic carbocycles. The van der Waals surface area contributed by atoms with Gasteiger partial charge in [-0.1, -0.05) is 30.3 Å². The van der Waals surface area contributed by atoms with Gasteiger partial charge >= 0.3 is 0 Å². The van der Waals surface area contributed by atoms with E-state index in [1.54, 1.807) is 48.5 Å². The number of carbonyl (C=O) groups is 1. The Hall–Kier alpha value is -3.39. The van der Waals surface area contributed by atoms with E-state index in [4.69, 9.17) is 9.47 Å². The Morgan fingerprint density at radius 2 is 1.67 bits per heavy atom. The standard InChI is InChI=1S/C22H18FNO5S/c23-17-7-9-18(10-8-17)30(26,27)21(15-4-2-1-3-5-15)13-24-22(25)16-6-11-19-20(12-16)29-14-28-19/h1-12,21H,13-14H2,(H,24,25). The summed E-state index contributed by atoms with van der Waals surface area (Å²) in [5.41, 5.74) is 0.845. The highest BCUT2D eigenvalue weighted by atomic mass is 32.2. The molecule has 8 heteroatoms. The van der Waals surface area contributed by atoms with Crippen molar-refractivity contribution in [2.75, 3.05) is 13.3 Å². The molecular weight excluding hydrogens is 409 g/mol. The lowest BCUT2D eigenvalue weighted by Gasteiger charge is -2.19. The fourth-order valence-corrected chi connectivity index (χ4v) is 4.85. The van der Waals surface area contributed by atoms with Crippen molar-refractivity contribution in [3.8, 4) is 11.5 Å².